The van der Waals surface area contributed by atoms with Gasteiger partial charge in [0.15, 0.2) is 17.2 Å². The summed E-state index contributed by atoms with van der Waals surface area (Å²) in [4.78, 5) is 28.9. The Morgan fingerprint density at radius 1 is 1.18 bits per heavy atom. The molecule has 40 heavy (non-hydrogen) atoms. The molecule has 218 valence electrons. The van der Waals surface area contributed by atoms with Crippen molar-refractivity contribution in [2.75, 3.05) is 19.0 Å². The number of nitrogens with one attached hydrogen (secondary N) is 1. The molecule has 14 heteroatoms. The van der Waals surface area contributed by atoms with Crippen LogP contribution in [-0.4, -0.2) is 54.4 Å². The van der Waals surface area contributed by atoms with E-state index >= 15 is 0 Å². The third-order valence-electron chi connectivity index (χ3n) is 7.43. The molecule has 1 aromatic carbocycles. The van der Waals surface area contributed by atoms with Gasteiger partial charge >= 0.3 is 12.1 Å². The number of hydrogen-bond donors (Lipinski definition) is 1. The average molecular weight is 578 g/mol. The predicted molar refractivity (Wildman–Crippen MR) is 125 cm³/mol. The SMILES string of the molecule is COC(=O)c1cc(NC(=O)[C@@H]2O[C@@](C)(C(F)(F)F)[C@@H](C)[C@H]2c2ccc(F)c(F)c2OCC2CC(F)(F)C2)ccn1. The van der Waals surface area contributed by atoms with Crippen LogP contribution in [0.15, 0.2) is 30.5 Å². The zero-order valence-electron chi connectivity index (χ0n) is 21.5. The first-order valence-electron chi connectivity index (χ1n) is 12.2. The number of benzene rings is 1. The van der Waals surface area contributed by atoms with Crippen molar-refractivity contribution in [3.8, 4) is 5.75 Å². The summed E-state index contributed by atoms with van der Waals surface area (Å²) in [6, 6.07) is 4.05. The van der Waals surface area contributed by atoms with Crippen LogP contribution in [0, 0.1) is 23.5 Å². The normalized spacial score (nSPS) is 26.2. The lowest BCUT2D eigenvalue weighted by molar-refractivity contribution is -0.272. The molecule has 2 heterocycles. The van der Waals surface area contributed by atoms with Crippen molar-refractivity contribution >= 4 is 17.6 Å². The summed E-state index contributed by atoms with van der Waals surface area (Å²) in [6.07, 6.45) is -6.80. The summed E-state index contributed by atoms with van der Waals surface area (Å²) in [5.74, 6) is -12.2. The van der Waals surface area contributed by atoms with Crippen molar-refractivity contribution in [3.05, 3.63) is 53.4 Å². The van der Waals surface area contributed by atoms with Gasteiger partial charge in [-0.15, -0.1) is 0 Å². The number of esters is 1. The van der Waals surface area contributed by atoms with Gasteiger partial charge < -0.3 is 19.5 Å². The van der Waals surface area contributed by atoms with Crippen molar-refractivity contribution in [2.45, 2.75) is 56.4 Å². The molecule has 2 fully saturated rings. The van der Waals surface area contributed by atoms with Crippen molar-refractivity contribution in [1.82, 2.24) is 4.98 Å². The number of hydrogen-bond acceptors (Lipinski definition) is 6. The number of halogens is 7. The van der Waals surface area contributed by atoms with E-state index in [0.717, 1.165) is 39.3 Å². The molecule has 1 saturated heterocycles. The molecule has 0 bridgehead atoms. The van der Waals surface area contributed by atoms with E-state index in [1.165, 1.54) is 6.07 Å². The number of pyridine rings is 1. The number of rotatable bonds is 7. The van der Waals surface area contributed by atoms with Crippen LogP contribution in [0.25, 0.3) is 0 Å². The maximum absolute atomic E-state index is 15.0. The molecular formula is C26H25F7N2O5. The molecule has 0 spiro atoms. The zero-order valence-corrected chi connectivity index (χ0v) is 21.5. The van der Waals surface area contributed by atoms with E-state index < -0.39 is 90.3 Å². The summed E-state index contributed by atoms with van der Waals surface area (Å²) < 4.78 is 114. The van der Waals surface area contributed by atoms with Gasteiger partial charge in [-0.05, 0) is 25.1 Å². The van der Waals surface area contributed by atoms with E-state index in [4.69, 9.17) is 9.47 Å². The first-order chi connectivity index (χ1) is 18.6. The fourth-order valence-corrected chi connectivity index (χ4v) is 5.02. The third-order valence-corrected chi connectivity index (χ3v) is 7.43. The second-order valence-corrected chi connectivity index (χ2v) is 10.1. The standard InChI is InChI=1S/C26H25F7N2O5/c1-12-18(15-4-5-16(27)19(28)20(15)39-11-13-9-25(29,30)10-13)21(40-24(12,2)26(31,32)33)22(36)35-14-6-7-34-17(8-14)23(37)38-3/h4-8,12-13,18,21H,9-11H2,1-3H3,(H,34,35,36)/t12-,18-,21+,24+/m0/s1. The minimum absolute atomic E-state index is 0.0244. The fraction of sp³-hybridized carbons (Fsp3) is 0.500. The number of carbonyl (C=O) groups is 2. The van der Waals surface area contributed by atoms with Gasteiger partial charge in [-0.1, -0.05) is 13.0 Å². The number of aromatic nitrogens is 1. The lowest BCUT2D eigenvalue weighted by atomic mass is 9.76. The second kappa shape index (κ2) is 10.5. The van der Waals surface area contributed by atoms with Crippen molar-refractivity contribution in [2.24, 2.45) is 11.8 Å². The lowest BCUT2D eigenvalue weighted by Gasteiger charge is -2.35. The van der Waals surface area contributed by atoms with Crippen molar-refractivity contribution in [1.29, 1.82) is 0 Å². The van der Waals surface area contributed by atoms with Gasteiger partial charge in [0.05, 0.1) is 13.7 Å². The fourth-order valence-electron chi connectivity index (χ4n) is 5.02. The smallest absolute Gasteiger partial charge is 0.417 e. The van der Waals surface area contributed by atoms with Gasteiger partial charge in [0.25, 0.3) is 5.91 Å². The number of amides is 1. The first-order valence-corrected chi connectivity index (χ1v) is 12.2. The highest BCUT2D eigenvalue weighted by molar-refractivity contribution is 5.96. The van der Waals surface area contributed by atoms with Crippen LogP contribution in [0.4, 0.5) is 36.4 Å². The predicted octanol–water partition coefficient (Wildman–Crippen LogP) is 5.65. The number of anilines is 1. The Kier molecular flexibility index (Phi) is 7.78. The van der Waals surface area contributed by atoms with E-state index in [1.807, 2.05) is 0 Å². The van der Waals surface area contributed by atoms with Gasteiger partial charge in [-0.25, -0.2) is 22.9 Å². The molecule has 1 aliphatic heterocycles. The summed E-state index contributed by atoms with van der Waals surface area (Å²) in [7, 11) is 1.10. The Labute approximate surface area is 224 Å². The molecule has 4 rings (SSSR count). The van der Waals surface area contributed by atoms with E-state index in [0.29, 0.717) is 6.07 Å². The van der Waals surface area contributed by atoms with Crippen LogP contribution in [0.1, 0.15) is 48.7 Å². The molecule has 1 amide bonds. The van der Waals surface area contributed by atoms with Crippen LogP contribution in [0.5, 0.6) is 5.75 Å². The zero-order chi connectivity index (χ0) is 29.6. The monoisotopic (exact) mass is 578 g/mol. The van der Waals surface area contributed by atoms with Crippen LogP contribution in [-0.2, 0) is 14.3 Å². The summed E-state index contributed by atoms with van der Waals surface area (Å²) in [6.45, 7) is 1.44. The molecule has 1 saturated carbocycles. The number of nitrogens with zero attached hydrogens (tertiary/aromatic N) is 1. The number of carbonyl (C=O) groups excluding carboxylic acids is 2. The number of methoxy groups -OCH3 is 1. The summed E-state index contributed by atoms with van der Waals surface area (Å²) in [5.41, 5.74) is -3.41. The Balaban J connectivity index is 1.71. The quantitative estimate of drug-likeness (QED) is 0.338. The molecule has 4 atom stereocenters. The summed E-state index contributed by atoms with van der Waals surface area (Å²) in [5, 5.41) is 2.36. The highest BCUT2D eigenvalue weighted by Crippen LogP contribution is 2.55. The molecule has 1 N–H and O–H groups in total. The lowest BCUT2D eigenvalue weighted by Crippen LogP contribution is -2.47. The molecule has 2 aliphatic rings. The molecular weight excluding hydrogens is 553 g/mol. The van der Waals surface area contributed by atoms with E-state index in [2.05, 4.69) is 15.0 Å². The maximum atomic E-state index is 15.0. The molecule has 1 aliphatic carbocycles. The highest BCUT2D eigenvalue weighted by atomic mass is 19.4. The third kappa shape index (κ3) is 5.45. The van der Waals surface area contributed by atoms with E-state index in [1.54, 1.807) is 0 Å². The Hall–Kier alpha value is -3.42. The maximum Gasteiger partial charge on any atom is 0.417 e. The van der Waals surface area contributed by atoms with Gasteiger partial charge in [0.1, 0.15) is 11.8 Å². The Morgan fingerprint density at radius 2 is 1.85 bits per heavy atom. The molecule has 0 radical (unpaired) electrons. The Morgan fingerprint density at radius 3 is 2.45 bits per heavy atom. The average Bonchev–Trinajstić information content (AvgIpc) is 3.15. The van der Waals surface area contributed by atoms with Gasteiger partial charge in [-0.2, -0.15) is 17.6 Å². The van der Waals surface area contributed by atoms with Gasteiger partial charge in [-0.3, -0.25) is 4.79 Å². The second-order valence-electron chi connectivity index (χ2n) is 10.1. The summed E-state index contributed by atoms with van der Waals surface area (Å²) >= 11 is 0. The van der Waals surface area contributed by atoms with Gasteiger partial charge in [0.2, 0.25) is 11.7 Å². The number of ether oxygens (including phenoxy) is 3. The van der Waals surface area contributed by atoms with E-state index in [-0.39, 0.29) is 16.9 Å². The largest absolute Gasteiger partial charge is 0.490 e. The molecule has 2 aromatic rings. The van der Waals surface area contributed by atoms with Crippen LogP contribution >= 0.6 is 0 Å². The highest BCUT2D eigenvalue weighted by Gasteiger charge is 2.66. The van der Waals surface area contributed by atoms with E-state index in [9.17, 15) is 40.3 Å². The van der Waals surface area contributed by atoms with Crippen LogP contribution in [0.2, 0.25) is 0 Å². The number of alkyl halides is 5. The Bertz CT molecular complexity index is 1300. The molecule has 7 nitrogen and oxygen atoms in total. The van der Waals surface area contributed by atoms with Crippen molar-refractivity contribution < 1.29 is 54.5 Å². The van der Waals surface area contributed by atoms with Crippen LogP contribution < -0.4 is 10.1 Å². The first kappa shape index (κ1) is 29.6. The van der Waals surface area contributed by atoms with Crippen LogP contribution in [0.3, 0.4) is 0 Å². The minimum Gasteiger partial charge on any atom is -0.490 e. The molecule has 0 unspecified atom stereocenters. The minimum atomic E-state index is -4.98. The van der Waals surface area contributed by atoms with Crippen molar-refractivity contribution in [3.63, 3.8) is 0 Å². The topological polar surface area (TPSA) is 86.8 Å². The van der Waals surface area contributed by atoms with Gasteiger partial charge in [0, 0.05) is 48.0 Å². The molecule has 1 aromatic heterocycles.